The topological polar surface area (TPSA) is 65.8 Å². The van der Waals surface area contributed by atoms with Gasteiger partial charge in [0.25, 0.3) is 0 Å². The SMILES string of the molecule is CN(C/C=C/c1ccccc1)C(=O)C[C@@H]1C(=O)NCCN1Cc1ccoc1. The highest BCUT2D eigenvalue weighted by Crippen LogP contribution is 2.15. The van der Waals surface area contributed by atoms with Crippen molar-refractivity contribution in [2.45, 2.75) is 19.0 Å². The summed E-state index contributed by atoms with van der Waals surface area (Å²) in [5.41, 5.74) is 2.09. The number of hydrogen-bond donors (Lipinski definition) is 1. The summed E-state index contributed by atoms with van der Waals surface area (Å²) in [6, 6.07) is 11.4. The van der Waals surface area contributed by atoms with Crippen LogP contribution in [0.15, 0.2) is 59.4 Å². The van der Waals surface area contributed by atoms with E-state index in [9.17, 15) is 9.59 Å². The van der Waals surface area contributed by atoms with Crippen LogP contribution in [0.2, 0.25) is 0 Å². The average molecular weight is 367 g/mol. The molecule has 142 valence electrons. The van der Waals surface area contributed by atoms with E-state index >= 15 is 0 Å². The molecule has 1 atom stereocenters. The standard InChI is InChI=1S/C21H25N3O3/c1-23(11-5-8-17-6-3-2-4-7-17)20(25)14-19-21(26)22-10-12-24(19)15-18-9-13-27-16-18/h2-9,13,16,19H,10-12,14-15H2,1H3,(H,22,26)/b8-5+/t19-/m1/s1. The number of amides is 2. The van der Waals surface area contributed by atoms with Crippen LogP contribution in [0.1, 0.15) is 17.5 Å². The van der Waals surface area contributed by atoms with Gasteiger partial charge in [0.2, 0.25) is 11.8 Å². The lowest BCUT2D eigenvalue weighted by atomic mass is 10.1. The number of likely N-dealkylation sites (N-methyl/N-ethyl adjacent to an activating group) is 1. The molecular weight excluding hydrogens is 342 g/mol. The fraction of sp³-hybridized carbons (Fsp3) is 0.333. The van der Waals surface area contributed by atoms with Gasteiger partial charge in [0.05, 0.1) is 25.0 Å². The number of nitrogens with zero attached hydrogens (tertiary/aromatic N) is 2. The van der Waals surface area contributed by atoms with Crippen molar-refractivity contribution >= 4 is 17.9 Å². The van der Waals surface area contributed by atoms with E-state index in [2.05, 4.69) is 5.32 Å². The molecule has 1 aromatic heterocycles. The molecule has 1 aliphatic heterocycles. The van der Waals surface area contributed by atoms with Gasteiger partial charge < -0.3 is 14.6 Å². The quantitative estimate of drug-likeness (QED) is 0.814. The molecule has 1 saturated heterocycles. The molecule has 1 aliphatic rings. The summed E-state index contributed by atoms with van der Waals surface area (Å²) in [5.74, 6) is -0.140. The van der Waals surface area contributed by atoms with Gasteiger partial charge in [0.1, 0.15) is 0 Å². The van der Waals surface area contributed by atoms with E-state index in [4.69, 9.17) is 4.42 Å². The highest BCUT2D eigenvalue weighted by atomic mass is 16.3. The minimum Gasteiger partial charge on any atom is -0.472 e. The van der Waals surface area contributed by atoms with Crippen molar-refractivity contribution in [2.75, 3.05) is 26.7 Å². The minimum atomic E-state index is -0.457. The van der Waals surface area contributed by atoms with Gasteiger partial charge in [-0.3, -0.25) is 14.5 Å². The fourth-order valence-corrected chi connectivity index (χ4v) is 3.12. The normalized spacial score (nSPS) is 17.8. The Hall–Kier alpha value is -2.86. The summed E-state index contributed by atoms with van der Waals surface area (Å²) >= 11 is 0. The first-order valence-electron chi connectivity index (χ1n) is 9.12. The van der Waals surface area contributed by atoms with Crippen LogP contribution in [0, 0.1) is 0 Å². The molecule has 0 radical (unpaired) electrons. The molecule has 2 aromatic rings. The maximum Gasteiger partial charge on any atom is 0.237 e. The van der Waals surface area contributed by atoms with Crippen LogP contribution in [-0.4, -0.2) is 54.3 Å². The molecular formula is C21H25N3O3. The number of nitrogens with one attached hydrogen (secondary N) is 1. The number of hydrogen-bond acceptors (Lipinski definition) is 4. The number of furan rings is 1. The van der Waals surface area contributed by atoms with E-state index < -0.39 is 6.04 Å². The Bertz CT molecular complexity index is 771. The third kappa shape index (κ3) is 5.31. The van der Waals surface area contributed by atoms with Gasteiger partial charge in [-0.1, -0.05) is 42.5 Å². The third-order valence-electron chi connectivity index (χ3n) is 4.69. The molecule has 0 saturated carbocycles. The summed E-state index contributed by atoms with van der Waals surface area (Å²) in [7, 11) is 1.76. The Labute approximate surface area is 159 Å². The first-order valence-corrected chi connectivity index (χ1v) is 9.12. The molecule has 2 heterocycles. The van der Waals surface area contributed by atoms with E-state index in [0.29, 0.717) is 26.2 Å². The number of carbonyl (C=O) groups is 2. The van der Waals surface area contributed by atoms with Gasteiger partial charge in [-0.15, -0.1) is 0 Å². The van der Waals surface area contributed by atoms with Gasteiger partial charge in [0.15, 0.2) is 0 Å². The van der Waals surface area contributed by atoms with Crippen molar-refractivity contribution in [3.63, 3.8) is 0 Å². The summed E-state index contributed by atoms with van der Waals surface area (Å²) in [4.78, 5) is 28.6. The van der Waals surface area contributed by atoms with Gasteiger partial charge in [-0.2, -0.15) is 0 Å². The monoisotopic (exact) mass is 367 g/mol. The van der Waals surface area contributed by atoms with Crippen LogP contribution in [0.25, 0.3) is 6.08 Å². The lowest BCUT2D eigenvalue weighted by molar-refractivity contribution is -0.138. The van der Waals surface area contributed by atoms with E-state index in [-0.39, 0.29) is 18.2 Å². The van der Waals surface area contributed by atoms with Crippen LogP contribution in [-0.2, 0) is 16.1 Å². The molecule has 1 fully saturated rings. The lowest BCUT2D eigenvalue weighted by Crippen LogP contribution is -2.56. The van der Waals surface area contributed by atoms with Crippen LogP contribution < -0.4 is 5.32 Å². The van der Waals surface area contributed by atoms with Gasteiger partial charge in [-0.25, -0.2) is 0 Å². The molecule has 6 nitrogen and oxygen atoms in total. The fourth-order valence-electron chi connectivity index (χ4n) is 3.12. The molecule has 0 aliphatic carbocycles. The van der Waals surface area contributed by atoms with Crippen molar-refractivity contribution in [1.29, 1.82) is 0 Å². The minimum absolute atomic E-state index is 0.0491. The van der Waals surface area contributed by atoms with Crippen LogP contribution in [0.3, 0.4) is 0 Å². The van der Waals surface area contributed by atoms with Crippen molar-refractivity contribution in [3.05, 3.63) is 66.1 Å². The molecule has 0 unspecified atom stereocenters. The zero-order valence-corrected chi connectivity index (χ0v) is 15.5. The molecule has 1 N–H and O–H groups in total. The highest BCUT2D eigenvalue weighted by Gasteiger charge is 2.32. The van der Waals surface area contributed by atoms with Crippen molar-refractivity contribution < 1.29 is 14.0 Å². The van der Waals surface area contributed by atoms with E-state index in [1.807, 2.05) is 53.5 Å². The van der Waals surface area contributed by atoms with Gasteiger partial charge in [-0.05, 0) is 11.6 Å². The Balaban J connectivity index is 1.56. The summed E-state index contributed by atoms with van der Waals surface area (Å²) in [6.45, 7) is 2.41. The first-order chi connectivity index (χ1) is 13.1. The molecule has 27 heavy (non-hydrogen) atoms. The predicted octanol–water partition coefficient (Wildman–Crippen LogP) is 2.14. The second-order valence-corrected chi connectivity index (χ2v) is 6.70. The van der Waals surface area contributed by atoms with Gasteiger partial charge in [0, 0.05) is 38.8 Å². The number of benzene rings is 1. The maximum absolute atomic E-state index is 12.6. The van der Waals surface area contributed by atoms with E-state index in [1.54, 1.807) is 24.5 Å². The second kappa shape index (κ2) is 9.19. The zero-order valence-electron chi connectivity index (χ0n) is 15.5. The Kier molecular flexibility index (Phi) is 6.44. The van der Waals surface area contributed by atoms with E-state index in [1.165, 1.54) is 0 Å². The van der Waals surface area contributed by atoms with Crippen LogP contribution in [0.4, 0.5) is 0 Å². The van der Waals surface area contributed by atoms with Crippen molar-refractivity contribution in [3.8, 4) is 0 Å². The zero-order chi connectivity index (χ0) is 19.1. The number of piperazine rings is 1. The Morgan fingerprint density at radius 2 is 2.15 bits per heavy atom. The number of rotatable bonds is 7. The second-order valence-electron chi connectivity index (χ2n) is 6.70. The molecule has 0 spiro atoms. The van der Waals surface area contributed by atoms with Crippen LogP contribution >= 0.6 is 0 Å². The predicted molar refractivity (Wildman–Crippen MR) is 104 cm³/mol. The van der Waals surface area contributed by atoms with Crippen molar-refractivity contribution in [1.82, 2.24) is 15.1 Å². The molecule has 1 aromatic carbocycles. The molecule has 6 heteroatoms. The van der Waals surface area contributed by atoms with Crippen molar-refractivity contribution in [2.24, 2.45) is 0 Å². The summed E-state index contributed by atoms with van der Waals surface area (Å²) in [5, 5.41) is 2.86. The highest BCUT2D eigenvalue weighted by molar-refractivity contribution is 5.88. The van der Waals surface area contributed by atoms with Crippen LogP contribution in [0.5, 0.6) is 0 Å². The molecule has 2 amide bonds. The Morgan fingerprint density at radius 1 is 1.33 bits per heavy atom. The largest absolute Gasteiger partial charge is 0.472 e. The smallest absolute Gasteiger partial charge is 0.237 e. The average Bonchev–Trinajstić information content (AvgIpc) is 3.18. The maximum atomic E-state index is 12.6. The van der Waals surface area contributed by atoms with E-state index in [0.717, 1.165) is 11.1 Å². The summed E-state index contributed by atoms with van der Waals surface area (Å²) in [6.07, 6.45) is 7.40. The number of carbonyl (C=O) groups excluding carboxylic acids is 2. The Morgan fingerprint density at radius 3 is 2.89 bits per heavy atom. The molecule has 3 rings (SSSR count). The first kappa shape index (κ1) is 18.9. The lowest BCUT2D eigenvalue weighted by Gasteiger charge is -2.35. The molecule has 0 bridgehead atoms. The summed E-state index contributed by atoms with van der Waals surface area (Å²) < 4.78 is 5.11. The van der Waals surface area contributed by atoms with Gasteiger partial charge >= 0.3 is 0 Å². The third-order valence-corrected chi connectivity index (χ3v) is 4.69.